The van der Waals surface area contributed by atoms with Crippen LogP contribution in [0.2, 0.25) is 0 Å². The standard InChI is InChI=1S/C19H18N6O3/c1-28-19-21-9-14(10-22-19)18(27)25-7-4-13(11-25)17-23-15(8-16(26)24-17)12-2-5-20-6-3-12/h2-3,5-6,8-10,13H,4,7,11H2,1H3,(H,23,24,26). The van der Waals surface area contributed by atoms with E-state index in [0.717, 1.165) is 5.56 Å². The highest BCUT2D eigenvalue weighted by Crippen LogP contribution is 2.26. The Labute approximate surface area is 160 Å². The Morgan fingerprint density at radius 3 is 2.71 bits per heavy atom. The zero-order valence-electron chi connectivity index (χ0n) is 15.2. The van der Waals surface area contributed by atoms with Gasteiger partial charge in [-0.3, -0.25) is 14.6 Å². The van der Waals surface area contributed by atoms with Gasteiger partial charge in [0.2, 0.25) is 0 Å². The third kappa shape index (κ3) is 3.59. The quantitative estimate of drug-likeness (QED) is 0.727. The maximum Gasteiger partial charge on any atom is 0.316 e. The van der Waals surface area contributed by atoms with Crippen molar-refractivity contribution in [1.29, 1.82) is 0 Å². The van der Waals surface area contributed by atoms with Gasteiger partial charge in [0.1, 0.15) is 5.82 Å². The second-order valence-corrected chi connectivity index (χ2v) is 6.45. The Hall–Kier alpha value is -3.62. The predicted molar refractivity (Wildman–Crippen MR) is 99.9 cm³/mol. The van der Waals surface area contributed by atoms with Crippen molar-refractivity contribution in [3.8, 4) is 17.3 Å². The van der Waals surface area contributed by atoms with E-state index in [0.29, 0.717) is 36.6 Å². The number of ether oxygens (including phenoxy) is 1. The average Bonchev–Trinajstić information content (AvgIpc) is 3.24. The van der Waals surface area contributed by atoms with Gasteiger partial charge in [-0.15, -0.1) is 0 Å². The molecule has 1 unspecified atom stereocenters. The van der Waals surface area contributed by atoms with Gasteiger partial charge in [0.25, 0.3) is 11.5 Å². The molecule has 0 spiro atoms. The topological polar surface area (TPSA) is 114 Å². The molecule has 3 aromatic heterocycles. The normalized spacial score (nSPS) is 16.2. The van der Waals surface area contributed by atoms with Gasteiger partial charge in [-0.05, 0) is 18.6 Å². The van der Waals surface area contributed by atoms with E-state index in [-0.39, 0.29) is 23.4 Å². The minimum Gasteiger partial charge on any atom is -0.467 e. The molecule has 1 N–H and O–H groups in total. The van der Waals surface area contributed by atoms with Gasteiger partial charge in [-0.1, -0.05) is 0 Å². The zero-order valence-corrected chi connectivity index (χ0v) is 15.2. The number of hydrogen-bond acceptors (Lipinski definition) is 7. The van der Waals surface area contributed by atoms with Crippen molar-refractivity contribution >= 4 is 5.91 Å². The number of aromatic amines is 1. The number of rotatable bonds is 4. The summed E-state index contributed by atoms with van der Waals surface area (Å²) in [5.41, 5.74) is 1.59. The summed E-state index contributed by atoms with van der Waals surface area (Å²) in [6.07, 6.45) is 6.93. The second kappa shape index (κ2) is 7.55. The van der Waals surface area contributed by atoms with E-state index in [2.05, 4.69) is 24.9 Å². The summed E-state index contributed by atoms with van der Waals surface area (Å²) in [6.45, 7) is 1.03. The molecule has 9 nitrogen and oxygen atoms in total. The molecule has 0 saturated carbocycles. The Bertz CT molecular complexity index is 1040. The number of aromatic nitrogens is 5. The fourth-order valence-electron chi connectivity index (χ4n) is 3.22. The fraction of sp³-hybridized carbons (Fsp3) is 0.263. The summed E-state index contributed by atoms with van der Waals surface area (Å²) in [6, 6.07) is 5.29. The number of pyridine rings is 1. The van der Waals surface area contributed by atoms with Gasteiger partial charge in [0.05, 0.1) is 18.4 Å². The number of likely N-dealkylation sites (tertiary alicyclic amines) is 1. The Morgan fingerprint density at radius 2 is 2.00 bits per heavy atom. The number of methoxy groups -OCH3 is 1. The largest absolute Gasteiger partial charge is 0.467 e. The molecule has 1 aliphatic rings. The number of hydrogen-bond donors (Lipinski definition) is 1. The molecule has 0 bridgehead atoms. The molecule has 3 aromatic rings. The Balaban J connectivity index is 1.53. The number of nitrogens with zero attached hydrogens (tertiary/aromatic N) is 5. The average molecular weight is 378 g/mol. The lowest BCUT2D eigenvalue weighted by molar-refractivity contribution is 0.0789. The van der Waals surface area contributed by atoms with Crippen molar-refractivity contribution in [3.05, 3.63) is 64.7 Å². The molecule has 9 heteroatoms. The van der Waals surface area contributed by atoms with Crippen LogP contribution in [0.4, 0.5) is 0 Å². The van der Waals surface area contributed by atoms with Crippen LogP contribution in [0.15, 0.2) is 47.8 Å². The summed E-state index contributed by atoms with van der Waals surface area (Å²) in [5, 5.41) is 0. The van der Waals surface area contributed by atoms with Crippen molar-refractivity contribution in [3.63, 3.8) is 0 Å². The lowest BCUT2D eigenvalue weighted by atomic mass is 10.1. The molecule has 1 aliphatic heterocycles. The highest BCUT2D eigenvalue weighted by Gasteiger charge is 2.30. The van der Waals surface area contributed by atoms with Crippen molar-refractivity contribution in [1.82, 2.24) is 29.8 Å². The van der Waals surface area contributed by atoms with Crippen LogP contribution in [0, 0.1) is 0 Å². The van der Waals surface area contributed by atoms with Crippen LogP contribution in [-0.4, -0.2) is 55.9 Å². The van der Waals surface area contributed by atoms with Gasteiger partial charge < -0.3 is 14.6 Å². The third-order valence-electron chi connectivity index (χ3n) is 4.66. The monoisotopic (exact) mass is 378 g/mol. The number of carbonyl (C=O) groups excluding carboxylic acids is 1. The molecule has 28 heavy (non-hydrogen) atoms. The molecule has 1 fully saturated rings. The van der Waals surface area contributed by atoms with Gasteiger partial charge >= 0.3 is 6.01 Å². The first-order valence-electron chi connectivity index (χ1n) is 8.81. The molecule has 4 heterocycles. The van der Waals surface area contributed by atoms with E-state index in [1.807, 2.05) is 0 Å². The molecule has 1 atom stereocenters. The van der Waals surface area contributed by atoms with Crippen LogP contribution in [0.1, 0.15) is 28.5 Å². The molecule has 4 rings (SSSR count). The lowest BCUT2D eigenvalue weighted by Crippen LogP contribution is -2.29. The minimum absolute atomic E-state index is 0.0439. The molecule has 0 radical (unpaired) electrons. The van der Waals surface area contributed by atoms with E-state index in [9.17, 15) is 9.59 Å². The summed E-state index contributed by atoms with van der Waals surface area (Å²) >= 11 is 0. The first kappa shape index (κ1) is 17.8. The number of carbonyl (C=O) groups is 1. The van der Waals surface area contributed by atoms with E-state index >= 15 is 0 Å². The lowest BCUT2D eigenvalue weighted by Gasteiger charge is -2.16. The molecular formula is C19H18N6O3. The van der Waals surface area contributed by atoms with Crippen LogP contribution in [0.3, 0.4) is 0 Å². The molecule has 1 amide bonds. The zero-order chi connectivity index (χ0) is 19.5. The SMILES string of the molecule is COc1ncc(C(=O)N2CCC(c3nc(-c4ccncc4)cc(=O)[nH]3)C2)cn1. The number of amides is 1. The van der Waals surface area contributed by atoms with Gasteiger partial charge in [-0.2, -0.15) is 0 Å². The van der Waals surface area contributed by atoms with Crippen molar-refractivity contribution < 1.29 is 9.53 Å². The predicted octanol–water partition coefficient (Wildman–Crippen LogP) is 1.26. The number of H-pyrrole nitrogens is 1. The van der Waals surface area contributed by atoms with Crippen molar-refractivity contribution in [2.24, 2.45) is 0 Å². The minimum atomic E-state index is -0.217. The van der Waals surface area contributed by atoms with Gasteiger partial charge in [-0.25, -0.2) is 15.0 Å². The van der Waals surface area contributed by atoms with Crippen LogP contribution < -0.4 is 10.3 Å². The van der Waals surface area contributed by atoms with E-state index < -0.39 is 0 Å². The van der Waals surface area contributed by atoms with Crippen molar-refractivity contribution in [2.75, 3.05) is 20.2 Å². The highest BCUT2D eigenvalue weighted by atomic mass is 16.5. The summed E-state index contributed by atoms with van der Waals surface area (Å²) in [5.74, 6) is 0.385. The van der Waals surface area contributed by atoms with Crippen LogP contribution in [0.25, 0.3) is 11.3 Å². The molecule has 1 saturated heterocycles. The van der Waals surface area contributed by atoms with Crippen LogP contribution in [0.5, 0.6) is 6.01 Å². The molecule has 142 valence electrons. The van der Waals surface area contributed by atoms with Gasteiger partial charge in [0, 0.05) is 55.4 Å². The number of nitrogens with one attached hydrogen (secondary N) is 1. The van der Waals surface area contributed by atoms with E-state index in [1.54, 1.807) is 29.4 Å². The second-order valence-electron chi connectivity index (χ2n) is 6.45. The summed E-state index contributed by atoms with van der Waals surface area (Å²) in [7, 11) is 1.47. The molecule has 0 aromatic carbocycles. The van der Waals surface area contributed by atoms with Gasteiger partial charge in [0.15, 0.2) is 0 Å². The first-order chi connectivity index (χ1) is 13.6. The Kier molecular flexibility index (Phi) is 4.79. The Morgan fingerprint density at radius 1 is 1.25 bits per heavy atom. The van der Waals surface area contributed by atoms with E-state index in [4.69, 9.17) is 4.74 Å². The third-order valence-corrected chi connectivity index (χ3v) is 4.66. The van der Waals surface area contributed by atoms with Crippen LogP contribution in [-0.2, 0) is 0 Å². The highest BCUT2D eigenvalue weighted by molar-refractivity contribution is 5.93. The first-order valence-corrected chi connectivity index (χ1v) is 8.81. The fourth-order valence-corrected chi connectivity index (χ4v) is 3.22. The molecular weight excluding hydrogens is 360 g/mol. The molecule has 0 aliphatic carbocycles. The summed E-state index contributed by atoms with van der Waals surface area (Å²) < 4.78 is 4.92. The smallest absolute Gasteiger partial charge is 0.316 e. The summed E-state index contributed by atoms with van der Waals surface area (Å²) in [4.78, 5) is 45.9. The van der Waals surface area contributed by atoms with E-state index in [1.165, 1.54) is 25.6 Å². The van der Waals surface area contributed by atoms with Crippen molar-refractivity contribution in [2.45, 2.75) is 12.3 Å². The van der Waals surface area contributed by atoms with Crippen LogP contribution >= 0.6 is 0 Å². The maximum absolute atomic E-state index is 12.7. The maximum atomic E-state index is 12.7.